The molecule has 1 fully saturated rings. The van der Waals surface area contributed by atoms with Gasteiger partial charge in [0.1, 0.15) is 0 Å². The topological polar surface area (TPSA) is 61.4 Å². The lowest BCUT2D eigenvalue weighted by Crippen LogP contribution is -2.53. The van der Waals surface area contributed by atoms with Crippen LogP contribution >= 0.6 is 11.6 Å². The Morgan fingerprint density at radius 1 is 1.39 bits per heavy atom. The summed E-state index contributed by atoms with van der Waals surface area (Å²) < 4.78 is 0. The second-order valence-corrected chi connectivity index (χ2v) is 7.58. The van der Waals surface area contributed by atoms with Crippen molar-refractivity contribution in [3.05, 3.63) is 52.7 Å². The predicted molar refractivity (Wildman–Crippen MR) is 113 cm³/mol. The summed E-state index contributed by atoms with van der Waals surface area (Å²) in [7, 11) is 0. The minimum atomic E-state index is -0.000758. The van der Waals surface area contributed by atoms with Crippen LogP contribution < -0.4 is 10.2 Å². The van der Waals surface area contributed by atoms with E-state index >= 15 is 0 Å². The Morgan fingerprint density at radius 2 is 2.25 bits per heavy atom. The molecule has 1 aromatic heterocycles. The summed E-state index contributed by atoms with van der Waals surface area (Å²) in [5, 5.41) is 12.0. The second kappa shape index (κ2) is 9.73. The molecule has 0 aliphatic carbocycles. The normalized spacial score (nSPS) is 16.7. The summed E-state index contributed by atoms with van der Waals surface area (Å²) in [5.41, 5.74) is 2.24. The number of carbonyl (C=O) groups excluding carboxylic acids is 1. The van der Waals surface area contributed by atoms with Crippen LogP contribution in [-0.4, -0.2) is 53.3 Å². The first kappa shape index (κ1) is 20.4. The highest BCUT2D eigenvalue weighted by molar-refractivity contribution is 6.31. The number of likely N-dealkylation sites (N-methyl/N-ethyl adjacent to an activating group) is 1. The van der Waals surface area contributed by atoms with Crippen molar-refractivity contribution in [2.45, 2.75) is 39.2 Å². The van der Waals surface area contributed by atoms with Gasteiger partial charge in [0, 0.05) is 37.4 Å². The molecule has 2 aromatic rings. The SMILES string of the molecule is CCN(C(=O)NCCc1ccc(Cl)c(C)c1)[C@@H]1CCCN(c2cccnn2)C1. The summed E-state index contributed by atoms with van der Waals surface area (Å²) in [6.07, 6.45) is 4.51. The van der Waals surface area contributed by atoms with Crippen molar-refractivity contribution in [1.82, 2.24) is 20.4 Å². The molecule has 0 spiro atoms. The van der Waals surface area contributed by atoms with E-state index in [1.165, 1.54) is 5.56 Å². The molecule has 6 nitrogen and oxygen atoms in total. The third-order valence-corrected chi connectivity index (χ3v) is 5.66. The first-order valence-electron chi connectivity index (χ1n) is 9.90. The summed E-state index contributed by atoms with van der Waals surface area (Å²) in [5.74, 6) is 0.877. The van der Waals surface area contributed by atoms with Crippen molar-refractivity contribution in [2.75, 3.05) is 31.1 Å². The van der Waals surface area contributed by atoms with E-state index in [0.29, 0.717) is 13.1 Å². The molecule has 2 amide bonds. The molecule has 0 bridgehead atoms. The van der Waals surface area contributed by atoms with Gasteiger partial charge in [0.05, 0.1) is 6.04 Å². The fourth-order valence-electron chi connectivity index (χ4n) is 3.72. The van der Waals surface area contributed by atoms with Crippen molar-refractivity contribution in [2.24, 2.45) is 0 Å². The average Bonchev–Trinajstić information content (AvgIpc) is 2.72. The Bertz CT molecular complexity index is 786. The van der Waals surface area contributed by atoms with Crippen LogP contribution in [0.25, 0.3) is 0 Å². The predicted octanol–water partition coefficient (Wildman–Crippen LogP) is 3.68. The lowest BCUT2D eigenvalue weighted by Gasteiger charge is -2.39. The zero-order valence-corrected chi connectivity index (χ0v) is 17.3. The number of hydrogen-bond donors (Lipinski definition) is 1. The fraction of sp³-hybridized carbons (Fsp3) is 0.476. The van der Waals surface area contributed by atoms with Crippen LogP contribution in [-0.2, 0) is 6.42 Å². The van der Waals surface area contributed by atoms with Gasteiger partial charge in [-0.2, -0.15) is 5.10 Å². The number of anilines is 1. The van der Waals surface area contributed by atoms with Crippen LogP contribution in [0.15, 0.2) is 36.5 Å². The standard InChI is InChI=1S/C21H28ClN5O/c1-3-27(18-6-5-13-26(15-18)20-7-4-11-24-25-20)21(28)23-12-10-17-8-9-19(22)16(2)14-17/h4,7-9,11,14,18H,3,5-6,10,12-13,15H2,1-2H3,(H,23,28)/t18-/m1/s1. The van der Waals surface area contributed by atoms with Crippen LogP contribution in [0.1, 0.15) is 30.9 Å². The van der Waals surface area contributed by atoms with Gasteiger partial charge in [-0.3, -0.25) is 0 Å². The van der Waals surface area contributed by atoms with Crippen molar-refractivity contribution >= 4 is 23.4 Å². The van der Waals surface area contributed by atoms with Crippen LogP contribution in [0.5, 0.6) is 0 Å². The van der Waals surface area contributed by atoms with E-state index in [0.717, 1.165) is 48.8 Å². The van der Waals surface area contributed by atoms with Crippen LogP contribution in [0.3, 0.4) is 0 Å². The molecule has 150 valence electrons. The average molecular weight is 402 g/mol. The Labute approximate surface area is 171 Å². The Hall–Kier alpha value is -2.34. The van der Waals surface area contributed by atoms with Crippen molar-refractivity contribution < 1.29 is 4.79 Å². The highest BCUT2D eigenvalue weighted by Crippen LogP contribution is 2.20. The zero-order valence-electron chi connectivity index (χ0n) is 16.6. The molecule has 0 radical (unpaired) electrons. The van der Waals surface area contributed by atoms with Gasteiger partial charge in [-0.05, 0) is 62.4 Å². The second-order valence-electron chi connectivity index (χ2n) is 7.18. The molecule has 0 saturated carbocycles. The first-order valence-corrected chi connectivity index (χ1v) is 10.3. The molecule has 2 heterocycles. The lowest BCUT2D eigenvalue weighted by atomic mass is 10.0. The minimum absolute atomic E-state index is 0.000758. The van der Waals surface area contributed by atoms with Gasteiger partial charge in [0.2, 0.25) is 0 Å². The van der Waals surface area contributed by atoms with Gasteiger partial charge >= 0.3 is 6.03 Å². The number of aryl methyl sites for hydroxylation is 1. The molecule has 1 atom stereocenters. The number of carbonyl (C=O) groups is 1. The Balaban J connectivity index is 1.54. The number of aromatic nitrogens is 2. The summed E-state index contributed by atoms with van der Waals surface area (Å²) in [6.45, 7) is 7.06. The number of halogens is 1. The molecule has 7 heteroatoms. The number of nitrogens with zero attached hydrogens (tertiary/aromatic N) is 4. The Kier molecular flexibility index (Phi) is 7.09. The number of hydrogen-bond acceptors (Lipinski definition) is 4. The van der Waals surface area contributed by atoms with E-state index in [1.54, 1.807) is 6.20 Å². The summed E-state index contributed by atoms with van der Waals surface area (Å²) in [4.78, 5) is 16.9. The van der Waals surface area contributed by atoms with Gasteiger partial charge < -0.3 is 15.1 Å². The maximum absolute atomic E-state index is 12.8. The molecule has 1 N–H and O–H groups in total. The summed E-state index contributed by atoms with van der Waals surface area (Å²) in [6, 6.07) is 10.0. The lowest BCUT2D eigenvalue weighted by molar-refractivity contribution is 0.169. The monoisotopic (exact) mass is 401 g/mol. The summed E-state index contributed by atoms with van der Waals surface area (Å²) >= 11 is 6.08. The van der Waals surface area contributed by atoms with Crippen LogP contribution in [0, 0.1) is 6.92 Å². The van der Waals surface area contributed by atoms with Gasteiger partial charge in [-0.25, -0.2) is 4.79 Å². The van der Waals surface area contributed by atoms with E-state index in [1.807, 2.05) is 43.0 Å². The number of rotatable bonds is 6. The van der Waals surface area contributed by atoms with Crippen LogP contribution in [0.4, 0.5) is 10.6 Å². The van der Waals surface area contributed by atoms with E-state index in [-0.39, 0.29) is 12.1 Å². The van der Waals surface area contributed by atoms with Crippen molar-refractivity contribution in [3.63, 3.8) is 0 Å². The third kappa shape index (κ3) is 5.13. The largest absolute Gasteiger partial charge is 0.353 e. The van der Waals surface area contributed by atoms with Gasteiger partial charge in [0.15, 0.2) is 5.82 Å². The van der Waals surface area contributed by atoms with E-state index in [9.17, 15) is 4.79 Å². The molecular formula is C21H28ClN5O. The van der Waals surface area contributed by atoms with Crippen molar-refractivity contribution in [1.29, 1.82) is 0 Å². The van der Waals surface area contributed by atoms with Crippen LogP contribution in [0.2, 0.25) is 5.02 Å². The molecule has 3 rings (SSSR count). The maximum Gasteiger partial charge on any atom is 0.317 e. The smallest absolute Gasteiger partial charge is 0.317 e. The van der Waals surface area contributed by atoms with Gasteiger partial charge in [0.25, 0.3) is 0 Å². The zero-order chi connectivity index (χ0) is 19.9. The highest BCUT2D eigenvalue weighted by Gasteiger charge is 2.28. The minimum Gasteiger partial charge on any atom is -0.353 e. The number of amides is 2. The Morgan fingerprint density at radius 3 is 2.96 bits per heavy atom. The van der Waals surface area contributed by atoms with Crippen molar-refractivity contribution in [3.8, 4) is 0 Å². The number of benzene rings is 1. The molecule has 1 aliphatic heterocycles. The third-order valence-electron chi connectivity index (χ3n) is 5.23. The van der Waals surface area contributed by atoms with Gasteiger partial charge in [-0.15, -0.1) is 5.10 Å². The number of piperidine rings is 1. The van der Waals surface area contributed by atoms with E-state index < -0.39 is 0 Å². The molecular weight excluding hydrogens is 374 g/mol. The quantitative estimate of drug-likeness (QED) is 0.802. The van der Waals surface area contributed by atoms with Gasteiger partial charge in [-0.1, -0.05) is 23.7 Å². The molecule has 1 aliphatic rings. The maximum atomic E-state index is 12.8. The van der Waals surface area contributed by atoms with E-state index in [4.69, 9.17) is 11.6 Å². The molecule has 1 aromatic carbocycles. The fourth-order valence-corrected chi connectivity index (χ4v) is 3.84. The molecule has 28 heavy (non-hydrogen) atoms. The number of urea groups is 1. The van der Waals surface area contributed by atoms with E-state index in [2.05, 4.69) is 26.5 Å². The molecule has 1 saturated heterocycles. The first-order chi connectivity index (χ1) is 13.6. The molecule has 0 unspecified atom stereocenters. The number of nitrogens with one attached hydrogen (secondary N) is 1. The highest BCUT2D eigenvalue weighted by atomic mass is 35.5.